The van der Waals surface area contributed by atoms with Crippen LogP contribution >= 0.6 is 27.5 Å². The van der Waals surface area contributed by atoms with E-state index in [0.717, 1.165) is 10.2 Å². The van der Waals surface area contributed by atoms with Crippen LogP contribution in [0, 0.1) is 0 Å². The fourth-order valence-electron chi connectivity index (χ4n) is 2.84. The van der Waals surface area contributed by atoms with E-state index in [1.165, 1.54) is 0 Å². The van der Waals surface area contributed by atoms with Gasteiger partial charge in [0.2, 0.25) is 0 Å². The first kappa shape index (κ1) is 17.8. The van der Waals surface area contributed by atoms with E-state index in [0.29, 0.717) is 27.5 Å². The summed E-state index contributed by atoms with van der Waals surface area (Å²) in [6, 6.07) is 22.0. The van der Waals surface area contributed by atoms with E-state index in [4.69, 9.17) is 16.3 Å². The Labute approximate surface area is 169 Å². The maximum absolute atomic E-state index is 13.1. The van der Waals surface area contributed by atoms with Crippen molar-refractivity contribution in [3.8, 4) is 11.4 Å². The first-order valence-corrected chi connectivity index (χ1v) is 9.44. The molecule has 27 heavy (non-hydrogen) atoms. The van der Waals surface area contributed by atoms with Gasteiger partial charge in [0.1, 0.15) is 12.4 Å². The molecule has 0 saturated carbocycles. The molecule has 4 nitrogen and oxygen atoms in total. The van der Waals surface area contributed by atoms with Gasteiger partial charge < -0.3 is 4.74 Å². The second-order valence-corrected chi connectivity index (χ2v) is 7.20. The number of benzene rings is 3. The minimum Gasteiger partial charge on any atom is -0.484 e. The zero-order valence-corrected chi connectivity index (χ0v) is 16.4. The minimum atomic E-state index is -0.138. The summed E-state index contributed by atoms with van der Waals surface area (Å²) >= 11 is 9.59. The van der Waals surface area contributed by atoms with Gasteiger partial charge in [-0.05, 0) is 48.5 Å². The molecule has 0 amide bonds. The third-order valence-electron chi connectivity index (χ3n) is 4.12. The van der Waals surface area contributed by atoms with E-state index in [9.17, 15) is 4.79 Å². The summed E-state index contributed by atoms with van der Waals surface area (Å²) in [5, 5.41) is 1.07. The molecule has 0 spiro atoms. The molecule has 0 aliphatic rings. The first-order valence-electron chi connectivity index (χ1n) is 8.27. The standard InChI is InChI=1S/C21H14BrClN2O2/c22-14-9-11-15(12-10-14)25-20(13-27-19-8-4-2-6-17(19)23)24-18-7-3-1-5-16(18)21(25)26/h1-12H,13H2. The van der Waals surface area contributed by atoms with Gasteiger partial charge >= 0.3 is 0 Å². The summed E-state index contributed by atoms with van der Waals surface area (Å²) in [5.74, 6) is 1.05. The Balaban J connectivity index is 1.84. The van der Waals surface area contributed by atoms with Gasteiger partial charge in [0.25, 0.3) is 5.56 Å². The molecule has 4 aromatic rings. The summed E-state index contributed by atoms with van der Waals surface area (Å²) < 4.78 is 8.36. The fourth-order valence-corrected chi connectivity index (χ4v) is 3.29. The highest BCUT2D eigenvalue weighted by molar-refractivity contribution is 9.10. The third-order valence-corrected chi connectivity index (χ3v) is 4.96. The molecular formula is C21H14BrClN2O2. The molecule has 134 valence electrons. The number of halogens is 2. The minimum absolute atomic E-state index is 0.111. The highest BCUT2D eigenvalue weighted by Crippen LogP contribution is 2.24. The highest BCUT2D eigenvalue weighted by Gasteiger charge is 2.14. The van der Waals surface area contributed by atoms with Gasteiger partial charge in [-0.15, -0.1) is 0 Å². The van der Waals surface area contributed by atoms with Crippen molar-refractivity contribution in [3.63, 3.8) is 0 Å². The van der Waals surface area contributed by atoms with Crippen LogP contribution in [0.2, 0.25) is 5.02 Å². The Morgan fingerprint density at radius 3 is 2.44 bits per heavy atom. The molecule has 0 bridgehead atoms. The van der Waals surface area contributed by atoms with Gasteiger partial charge in [0.15, 0.2) is 5.82 Å². The topological polar surface area (TPSA) is 44.1 Å². The molecule has 0 aliphatic heterocycles. The van der Waals surface area contributed by atoms with Crippen molar-refractivity contribution in [2.75, 3.05) is 0 Å². The number of para-hydroxylation sites is 2. The molecule has 1 heterocycles. The van der Waals surface area contributed by atoms with E-state index in [-0.39, 0.29) is 12.2 Å². The Hall–Kier alpha value is -2.63. The van der Waals surface area contributed by atoms with Crippen LogP contribution in [0.5, 0.6) is 5.75 Å². The predicted octanol–water partition coefficient (Wildman–Crippen LogP) is 5.38. The van der Waals surface area contributed by atoms with Crippen molar-refractivity contribution in [1.29, 1.82) is 0 Å². The lowest BCUT2D eigenvalue weighted by atomic mass is 10.2. The number of aromatic nitrogens is 2. The zero-order chi connectivity index (χ0) is 18.8. The smallest absolute Gasteiger partial charge is 0.266 e. The van der Waals surface area contributed by atoms with Crippen molar-refractivity contribution in [1.82, 2.24) is 9.55 Å². The van der Waals surface area contributed by atoms with Gasteiger partial charge in [-0.2, -0.15) is 0 Å². The Morgan fingerprint density at radius 2 is 1.67 bits per heavy atom. The van der Waals surface area contributed by atoms with E-state index in [1.807, 2.05) is 54.6 Å². The number of hydrogen-bond donors (Lipinski definition) is 0. The number of rotatable bonds is 4. The summed E-state index contributed by atoms with van der Waals surface area (Å²) in [6.07, 6.45) is 0. The third kappa shape index (κ3) is 3.61. The van der Waals surface area contributed by atoms with Crippen LogP contribution in [0.25, 0.3) is 16.6 Å². The molecule has 3 aromatic carbocycles. The van der Waals surface area contributed by atoms with Crippen LogP contribution in [0.3, 0.4) is 0 Å². The van der Waals surface area contributed by atoms with Gasteiger partial charge in [0, 0.05) is 4.47 Å². The number of hydrogen-bond acceptors (Lipinski definition) is 3. The van der Waals surface area contributed by atoms with E-state index < -0.39 is 0 Å². The van der Waals surface area contributed by atoms with Crippen LogP contribution in [0.4, 0.5) is 0 Å². The van der Waals surface area contributed by atoms with Crippen molar-refractivity contribution < 1.29 is 4.74 Å². The van der Waals surface area contributed by atoms with Crippen LogP contribution in [0.1, 0.15) is 5.82 Å². The largest absolute Gasteiger partial charge is 0.484 e. The molecule has 0 radical (unpaired) electrons. The van der Waals surface area contributed by atoms with Gasteiger partial charge in [-0.25, -0.2) is 4.98 Å². The Morgan fingerprint density at radius 1 is 0.963 bits per heavy atom. The normalized spacial score (nSPS) is 10.9. The number of nitrogens with zero attached hydrogens (tertiary/aromatic N) is 2. The summed E-state index contributed by atoms with van der Waals surface area (Å²) in [6.45, 7) is 0.111. The average molecular weight is 442 g/mol. The molecule has 4 rings (SSSR count). The van der Waals surface area contributed by atoms with Crippen LogP contribution < -0.4 is 10.3 Å². The monoisotopic (exact) mass is 440 g/mol. The number of ether oxygens (including phenoxy) is 1. The molecule has 0 fully saturated rings. The molecule has 1 aromatic heterocycles. The van der Waals surface area contributed by atoms with E-state index in [2.05, 4.69) is 20.9 Å². The van der Waals surface area contributed by atoms with Crippen LogP contribution in [0.15, 0.2) is 82.1 Å². The quantitative estimate of drug-likeness (QED) is 0.427. The van der Waals surface area contributed by atoms with Crippen molar-refractivity contribution in [2.24, 2.45) is 0 Å². The Kier molecular flexibility index (Phi) is 4.97. The predicted molar refractivity (Wildman–Crippen MR) is 111 cm³/mol. The maximum atomic E-state index is 13.1. The first-order chi connectivity index (χ1) is 13.1. The second kappa shape index (κ2) is 7.55. The second-order valence-electron chi connectivity index (χ2n) is 5.88. The van der Waals surface area contributed by atoms with Crippen molar-refractivity contribution in [3.05, 3.63) is 98.5 Å². The summed E-state index contributed by atoms with van der Waals surface area (Å²) in [4.78, 5) is 17.8. The van der Waals surface area contributed by atoms with Crippen molar-refractivity contribution >= 4 is 38.4 Å². The highest BCUT2D eigenvalue weighted by atomic mass is 79.9. The lowest BCUT2D eigenvalue weighted by Crippen LogP contribution is -2.25. The molecule has 6 heteroatoms. The molecule has 0 N–H and O–H groups in total. The molecular weight excluding hydrogens is 428 g/mol. The fraction of sp³-hybridized carbons (Fsp3) is 0.0476. The van der Waals surface area contributed by atoms with Crippen molar-refractivity contribution in [2.45, 2.75) is 6.61 Å². The van der Waals surface area contributed by atoms with Gasteiger partial charge in [-0.1, -0.05) is 51.8 Å². The molecule has 0 aliphatic carbocycles. The SMILES string of the molecule is O=c1c2ccccc2nc(COc2ccccc2Cl)n1-c1ccc(Br)cc1. The lowest BCUT2D eigenvalue weighted by Gasteiger charge is -2.15. The van der Waals surface area contributed by atoms with Gasteiger partial charge in [-0.3, -0.25) is 9.36 Å². The maximum Gasteiger partial charge on any atom is 0.266 e. The van der Waals surface area contributed by atoms with Crippen LogP contribution in [-0.4, -0.2) is 9.55 Å². The number of fused-ring (bicyclic) bond motifs is 1. The van der Waals surface area contributed by atoms with E-state index in [1.54, 1.807) is 22.8 Å². The van der Waals surface area contributed by atoms with E-state index >= 15 is 0 Å². The van der Waals surface area contributed by atoms with Crippen LogP contribution in [-0.2, 0) is 6.61 Å². The summed E-state index contributed by atoms with van der Waals surface area (Å²) in [7, 11) is 0. The lowest BCUT2D eigenvalue weighted by molar-refractivity contribution is 0.292. The average Bonchev–Trinajstić information content (AvgIpc) is 2.69. The molecule has 0 atom stereocenters. The summed E-state index contributed by atoms with van der Waals surface area (Å²) in [5.41, 5.74) is 1.22. The van der Waals surface area contributed by atoms with Gasteiger partial charge in [0.05, 0.1) is 21.6 Å². The Bertz CT molecular complexity index is 1170. The molecule has 0 unspecified atom stereocenters. The molecule has 0 saturated heterocycles. The zero-order valence-electron chi connectivity index (χ0n) is 14.1.